The maximum atomic E-state index is 10.9. The summed E-state index contributed by atoms with van der Waals surface area (Å²) in [5, 5.41) is 0. The zero-order chi connectivity index (χ0) is 10.3. The van der Waals surface area contributed by atoms with Crippen LogP contribution in [0.1, 0.15) is 35.7 Å². The van der Waals surface area contributed by atoms with Gasteiger partial charge in [0.2, 0.25) is 5.82 Å². The maximum Gasteiger partial charge on any atom is 0.286 e. The van der Waals surface area contributed by atoms with Gasteiger partial charge in [-0.05, 0) is 13.8 Å². The van der Waals surface area contributed by atoms with Crippen LogP contribution in [0.3, 0.4) is 0 Å². The van der Waals surface area contributed by atoms with E-state index in [4.69, 9.17) is 5.73 Å². The van der Waals surface area contributed by atoms with Gasteiger partial charge < -0.3 is 5.73 Å². The first kappa shape index (κ1) is 9.45. The van der Waals surface area contributed by atoms with Crippen molar-refractivity contribution in [3.8, 4) is 0 Å². The lowest BCUT2D eigenvalue weighted by atomic mass is 10.1. The van der Waals surface area contributed by atoms with Crippen LogP contribution in [-0.2, 0) is 10.5 Å². The average molecular weight is 209 g/mol. The van der Waals surface area contributed by atoms with Crippen molar-refractivity contribution in [1.82, 2.24) is 9.97 Å². The van der Waals surface area contributed by atoms with E-state index in [1.54, 1.807) is 18.0 Å². The minimum atomic E-state index is -0.569. The highest BCUT2D eigenvalue weighted by molar-refractivity contribution is 7.99. The molecule has 0 saturated carbocycles. The summed E-state index contributed by atoms with van der Waals surface area (Å²) in [7, 11) is 0. The lowest BCUT2D eigenvalue weighted by molar-refractivity contribution is 0.0990. The van der Waals surface area contributed by atoms with Crippen LogP contribution in [0.2, 0.25) is 0 Å². The number of rotatable bonds is 1. The minimum Gasteiger partial charge on any atom is -0.363 e. The standard InChI is InChI=1S/C9H11N3OS/c1-9(2)6-5(4-14-9)3-11-8(12-6)7(10)13/h3H,4H2,1-2H3,(H2,10,13). The van der Waals surface area contributed by atoms with Gasteiger partial charge in [-0.25, -0.2) is 9.97 Å². The van der Waals surface area contributed by atoms with Gasteiger partial charge in [0, 0.05) is 17.5 Å². The second-order valence-corrected chi connectivity index (χ2v) is 5.33. The fourth-order valence-electron chi connectivity index (χ4n) is 1.48. The molecule has 2 heterocycles. The molecule has 0 radical (unpaired) electrons. The summed E-state index contributed by atoms with van der Waals surface area (Å²) in [6, 6.07) is 0. The lowest BCUT2D eigenvalue weighted by Gasteiger charge is -2.16. The van der Waals surface area contributed by atoms with E-state index < -0.39 is 5.91 Å². The highest BCUT2D eigenvalue weighted by Crippen LogP contribution is 2.44. The summed E-state index contributed by atoms with van der Waals surface area (Å²) in [5.74, 6) is 0.446. The molecule has 0 atom stereocenters. The van der Waals surface area contributed by atoms with Crippen molar-refractivity contribution in [2.45, 2.75) is 24.3 Å². The third kappa shape index (κ3) is 1.37. The van der Waals surface area contributed by atoms with E-state index in [0.717, 1.165) is 17.0 Å². The number of fused-ring (bicyclic) bond motifs is 1. The van der Waals surface area contributed by atoms with E-state index >= 15 is 0 Å². The molecule has 1 aromatic heterocycles. The number of aromatic nitrogens is 2. The minimum absolute atomic E-state index is 0.0392. The van der Waals surface area contributed by atoms with Crippen molar-refractivity contribution in [3.05, 3.63) is 23.3 Å². The molecule has 0 spiro atoms. The third-order valence-electron chi connectivity index (χ3n) is 2.24. The molecule has 74 valence electrons. The Kier molecular flexibility index (Phi) is 1.99. The van der Waals surface area contributed by atoms with E-state index in [1.807, 2.05) is 0 Å². The van der Waals surface area contributed by atoms with Crippen molar-refractivity contribution in [2.24, 2.45) is 5.73 Å². The average Bonchev–Trinajstić information content (AvgIpc) is 2.42. The fourth-order valence-corrected chi connectivity index (χ4v) is 2.52. The molecule has 0 aliphatic carbocycles. The van der Waals surface area contributed by atoms with Gasteiger partial charge in [0.1, 0.15) is 0 Å². The number of nitrogens with two attached hydrogens (primary N) is 1. The lowest BCUT2D eigenvalue weighted by Crippen LogP contribution is -2.19. The van der Waals surface area contributed by atoms with Crippen molar-refractivity contribution in [2.75, 3.05) is 0 Å². The summed E-state index contributed by atoms with van der Waals surface area (Å²) in [6.45, 7) is 4.17. The first-order chi connectivity index (χ1) is 6.50. The maximum absolute atomic E-state index is 10.9. The topological polar surface area (TPSA) is 68.9 Å². The molecule has 4 nitrogen and oxygen atoms in total. The molecule has 0 saturated heterocycles. The van der Waals surface area contributed by atoms with Gasteiger partial charge in [0.15, 0.2) is 0 Å². The molecule has 1 aromatic rings. The normalized spacial score (nSPS) is 17.9. The summed E-state index contributed by atoms with van der Waals surface area (Å²) < 4.78 is -0.0392. The van der Waals surface area contributed by atoms with Crippen LogP contribution in [0.5, 0.6) is 0 Å². The largest absolute Gasteiger partial charge is 0.363 e. The number of nitrogens with zero attached hydrogens (tertiary/aromatic N) is 2. The molecule has 14 heavy (non-hydrogen) atoms. The Labute approximate surface area is 86.3 Å². The first-order valence-corrected chi connectivity index (χ1v) is 5.29. The molecule has 5 heteroatoms. The number of primary amides is 1. The van der Waals surface area contributed by atoms with Crippen LogP contribution in [0, 0.1) is 0 Å². The number of carbonyl (C=O) groups is 1. The highest BCUT2D eigenvalue weighted by Gasteiger charge is 2.33. The van der Waals surface area contributed by atoms with Crippen LogP contribution in [0.4, 0.5) is 0 Å². The molecule has 1 aliphatic heterocycles. The van der Waals surface area contributed by atoms with Gasteiger partial charge in [-0.2, -0.15) is 0 Å². The molecule has 0 unspecified atom stereocenters. The quantitative estimate of drug-likeness (QED) is 0.750. The molecule has 0 bridgehead atoms. The van der Waals surface area contributed by atoms with Gasteiger partial charge in [0.25, 0.3) is 5.91 Å². The number of thioether (sulfide) groups is 1. The van der Waals surface area contributed by atoms with Crippen molar-refractivity contribution >= 4 is 17.7 Å². The Morgan fingerprint density at radius 2 is 2.36 bits per heavy atom. The van der Waals surface area contributed by atoms with Gasteiger partial charge in [0.05, 0.1) is 10.4 Å². The van der Waals surface area contributed by atoms with Gasteiger partial charge >= 0.3 is 0 Å². The van der Waals surface area contributed by atoms with Crippen molar-refractivity contribution < 1.29 is 4.79 Å². The van der Waals surface area contributed by atoms with Gasteiger partial charge in [-0.15, -0.1) is 11.8 Å². The molecule has 0 aromatic carbocycles. The van der Waals surface area contributed by atoms with Crippen LogP contribution in [0.25, 0.3) is 0 Å². The Balaban J connectivity index is 2.53. The zero-order valence-electron chi connectivity index (χ0n) is 8.07. The Bertz CT molecular complexity index is 403. The van der Waals surface area contributed by atoms with E-state index in [-0.39, 0.29) is 10.6 Å². The van der Waals surface area contributed by atoms with Crippen LogP contribution in [-0.4, -0.2) is 15.9 Å². The third-order valence-corrected chi connectivity index (χ3v) is 3.61. The number of amides is 1. The summed E-state index contributed by atoms with van der Waals surface area (Å²) in [5.41, 5.74) is 7.16. The summed E-state index contributed by atoms with van der Waals surface area (Å²) in [4.78, 5) is 19.0. The SMILES string of the molecule is CC1(C)SCc2cnc(C(N)=O)nc21. The van der Waals surface area contributed by atoms with E-state index in [9.17, 15) is 4.79 Å². The molecule has 1 aliphatic rings. The predicted molar refractivity (Wildman–Crippen MR) is 54.9 cm³/mol. The number of hydrogen-bond acceptors (Lipinski definition) is 4. The zero-order valence-corrected chi connectivity index (χ0v) is 8.89. The Hall–Kier alpha value is -1.10. The Morgan fingerprint density at radius 3 is 3.00 bits per heavy atom. The predicted octanol–water partition coefficient (Wildman–Crippen LogP) is 1.06. The smallest absolute Gasteiger partial charge is 0.286 e. The highest BCUT2D eigenvalue weighted by atomic mass is 32.2. The second-order valence-electron chi connectivity index (χ2n) is 3.73. The van der Waals surface area contributed by atoms with E-state index in [1.165, 1.54) is 0 Å². The number of carbonyl (C=O) groups excluding carboxylic acids is 1. The molecular formula is C9H11N3OS. The van der Waals surface area contributed by atoms with Gasteiger partial charge in [-0.3, -0.25) is 4.79 Å². The monoisotopic (exact) mass is 209 g/mol. The molecule has 2 N–H and O–H groups in total. The van der Waals surface area contributed by atoms with Crippen LogP contribution >= 0.6 is 11.8 Å². The molecule has 2 rings (SSSR count). The van der Waals surface area contributed by atoms with Crippen molar-refractivity contribution in [3.63, 3.8) is 0 Å². The molecule has 0 fully saturated rings. The Morgan fingerprint density at radius 1 is 1.64 bits per heavy atom. The van der Waals surface area contributed by atoms with Gasteiger partial charge in [-0.1, -0.05) is 0 Å². The first-order valence-electron chi connectivity index (χ1n) is 4.31. The van der Waals surface area contributed by atoms with Crippen molar-refractivity contribution in [1.29, 1.82) is 0 Å². The molecular weight excluding hydrogens is 198 g/mol. The van der Waals surface area contributed by atoms with Crippen LogP contribution < -0.4 is 5.73 Å². The van der Waals surface area contributed by atoms with E-state index in [2.05, 4.69) is 23.8 Å². The fraction of sp³-hybridized carbons (Fsp3) is 0.444. The summed E-state index contributed by atoms with van der Waals surface area (Å²) >= 11 is 1.79. The number of hydrogen-bond donors (Lipinski definition) is 1. The van der Waals surface area contributed by atoms with E-state index in [0.29, 0.717) is 0 Å². The second kappa shape index (κ2) is 2.95. The summed E-state index contributed by atoms with van der Waals surface area (Å²) in [6.07, 6.45) is 1.70. The van der Waals surface area contributed by atoms with Crippen LogP contribution in [0.15, 0.2) is 6.20 Å². The molecule has 1 amide bonds.